The van der Waals surface area contributed by atoms with Crippen molar-refractivity contribution in [2.75, 3.05) is 6.54 Å². The molecule has 1 aromatic rings. The maximum Gasteiger partial charge on any atom is 0.303 e. The van der Waals surface area contributed by atoms with Gasteiger partial charge < -0.3 is 10.4 Å². The van der Waals surface area contributed by atoms with Gasteiger partial charge in [0.15, 0.2) is 0 Å². The van der Waals surface area contributed by atoms with Crippen LogP contribution in [0.3, 0.4) is 0 Å². The molecular weight excluding hydrogens is 278 g/mol. The van der Waals surface area contributed by atoms with Crippen molar-refractivity contribution in [2.24, 2.45) is 0 Å². The van der Waals surface area contributed by atoms with Gasteiger partial charge in [-0.2, -0.15) is 0 Å². The molecule has 0 unspecified atom stereocenters. The number of hydrogen-bond acceptors (Lipinski definition) is 3. The molecule has 15 heavy (non-hydrogen) atoms. The van der Waals surface area contributed by atoms with E-state index >= 15 is 0 Å². The van der Waals surface area contributed by atoms with Gasteiger partial charge in [0.05, 0.1) is 0 Å². The summed E-state index contributed by atoms with van der Waals surface area (Å²) in [6, 6.07) is 2.09. The molecule has 0 fully saturated rings. The summed E-state index contributed by atoms with van der Waals surface area (Å²) in [7, 11) is 0. The molecule has 1 aromatic heterocycles. The van der Waals surface area contributed by atoms with Crippen LogP contribution in [-0.2, 0) is 11.3 Å². The van der Waals surface area contributed by atoms with Gasteiger partial charge in [0.1, 0.15) is 0 Å². The lowest BCUT2D eigenvalue weighted by atomic mass is 10.2. The minimum Gasteiger partial charge on any atom is -0.481 e. The van der Waals surface area contributed by atoms with E-state index in [1.165, 1.54) is 4.88 Å². The maximum atomic E-state index is 10.2. The molecule has 0 aromatic carbocycles. The van der Waals surface area contributed by atoms with Gasteiger partial charge in [-0.25, -0.2) is 0 Å². The van der Waals surface area contributed by atoms with E-state index in [1.807, 2.05) is 0 Å². The Hall–Kier alpha value is -0.390. The van der Waals surface area contributed by atoms with Crippen molar-refractivity contribution in [1.29, 1.82) is 0 Å². The zero-order valence-corrected chi connectivity index (χ0v) is 10.7. The third-order valence-electron chi connectivity index (χ3n) is 1.92. The molecule has 0 aliphatic rings. The van der Waals surface area contributed by atoms with E-state index in [1.54, 1.807) is 11.3 Å². The number of nitrogens with one attached hydrogen (secondary N) is 1. The molecule has 1 rings (SSSR count). The number of halogens is 1. The largest absolute Gasteiger partial charge is 0.481 e. The minimum absolute atomic E-state index is 0.270. The molecule has 5 heteroatoms. The summed E-state index contributed by atoms with van der Waals surface area (Å²) in [5.74, 6) is -0.711. The molecule has 0 aliphatic carbocycles. The number of aliphatic carboxylic acids is 1. The van der Waals surface area contributed by atoms with Crippen LogP contribution in [0.5, 0.6) is 0 Å². The fourth-order valence-corrected chi connectivity index (χ4v) is 2.60. The molecule has 0 spiro atoms. The SMILES string of the molecule is O=C(O)CCCCNCc1cc(Br)cs1. The van der Waals surface area contributed by atoms with Crippen LogP contribution in [0, 0.1) is 0 Å². The molecule has 84 valence electrons. The summed E-state index contributed by atoms with van der Waals surface area (Å²) < 4.78 is 1.12. The summed E-state index contributed by atoms with van der Waals surface area (Å²) >= 11 is 5.11. The first-order valence-electron chi connectivity index (χ1n) is 4.84. The highest BCUT2D eigenvalue weighted by Crippen LogP contribution is 2.19. The van der Waals surface area contributed by atoms with E-state index in [0.717, 1.165) is 30.4 Å². The summed E-state index contributed by atoms with van der Waals surface area (Å²) in [6.45, 7) is 1.74. The fraction of sp³-hybridized carbons (Fsp3) is 0.500. The molecule has 2 N–H and O–H groups in total. The monoisotopic (exact) mass is 291 g/mol. The van der Waals surface area contributed by atoms with Gasteiger partial charge in [0.25, 0.3) is 0 Å². The molecule has 0 saturated carbocycles. The second-order valence-electron chi connectivity index (χ2n) is 3.26. The fourth-order valence-electron chi connectivity index (χ4n) is 1.18. The lowest BCUT2D eigenvalue weighted by Crippen LogP contribution is -2.14. The Balaban J connectivity index is 2.00. The normalized spacial score (nSPS) is 10.5. The van der Waals surface area contributed by atoms with Crippen molar-refractivity contribution in [1.82, 2.24) is 5.32 Å². The first-order chi connectivity index (χ1) is 7.18. The lowest BCUT2D eigenvalue weighted by molar-refractivity contribution is -0.137. The van der Waals surface area contributed by atoms with Crippen molar-refractivity contribution in [3.63, 3.8) is 0 Å². The van der Waals surface area contributed by atoms with Crippen LogP contribution in [-0.4, -0.2) is 17.6 Å². The van der Waals surface area contributed by atoms with Crippen LogP contribution in [0.15, 0.2) is 15.9 Å². The third kappa shape index (κ3) is 5.92. The van der Waals surface area contributed by atoms with E-state index in [0.29, 0.717) is 0 Å². The van der Waals surface area contributed by atoms with Crippen molar-refractivity contribution >= 4 is 33.2 Å². The molecule has 0 amide bonds. The summed E-state index contributed by atoms with van der Waals surface area (Å²) in [5, 5.41) is 13.8. The number of rotatable bonds is 7. The zero-order chi connectivity index (χ0) is 11.1. The van der Waals surface area contributed by atoms with E-state index in [9.17, 15) is 4.79 Å². The van der Waals surface area contributed by atoms with Crippen molar-refractivity contribution < 1.29 is 9.90 Å². The van der Waals surface area contributed by atoms with Gasteiger partial charge in [0, 0.05) is 27.7 Å². The lowest BCUT2D eigenvalue weighted by Gasteiger charge is -2.01. The van der Waals surface area contributed by atoms with Gasteiger partial charge >= 0.3 is 5.97 Å². The van der Waals surface area contributed by atoms with Crippen LogP contribution in [0.1, 0.15) is 24.1 Å². The van der Waals surface area contributed by atoms with Crippen molar-refractivity contribution in [3.05, 3.63) is 20.8 Å². The Morgan fingerprint density at radius 1 is 1.53 bits per heavy atom. The molecule has 0 radical (unpaired) electrons. The standard InChI is InChI=1S/C10H14BrNO2S/c11-8-5-9(15-7-8)6-12-4-2-1-3-10(13)14/h5,7,12H,1-4,6H2,(H,13,14). The summed E-state index contributed by atoms with van der Waals surface area (Å²) in [4.78, 5) is 11.5. The predicted octanol–water partition coefficient (Wildman–Crippen LogP) is 2.86. The Kier molecular flexibility index (Phi) is 5.90. The third-order valence-corrected chi connectivity index (χ3v) is 3.61. The van der Waals surface area contributed by atoms with E-state index < -0.39 is 5.97 Å². The smallest absolute Gasteiger partial charge is 0.303 e. The summed E-state index contributed by atoms with van der Waals surface area (Å²) in [5.41, 5.74) is 0. The zero-order valence-electron chi connectivity index (χ0n) is 8.33. The van der Waals surface area contributed by atoms with Crippen LogP contribution < -0.4 is 5.32 Å². The molecular formula is C10H14BrNO2S. The van der Waals surface area contributed by atoms with Crippen LogP contribution in [0.2, 0.25) is 0 Å². The average molecular weight is 292 g/mol. The average Bonchev–Trinajstić information content (AvgIpc) is 2.57. The van der Waals surface area contributed by atoms with E-state index in [-0.39, 0.29) is 6.42 Å². The summed E-state index contributed by atoms with van der Waals surface area (Å²) in [6.07, 6.45) is 1.93. The second-order valence-corrected chi connectivity index (χ2v) is 5.17. The molecule has 3 nitrogen and oxygen atoms in total. The Labute approximate surface area is 102 Å². The van der Waals surface area contributed by atoms with Crippen molar-refractivity contribution in [2.45, 2.75) is 25.8 Å². The highest BCUT2D eigenvalue weighted by atomic mass is 79.9. The number of carbonyl (C=O) groups is 1. The van der Waals surface area contributed by atoms with Gasteiger partial charge in [-0.3, -0.25) is 4.79 Å². The van der Waals surface area contributed by atoms with Gasteiger partial charge in [0.2, 0.25) is 0 Å². The molecule has 0 atom stereocenters. The van der Waals surface area contributed by atoms with Gasteiger partial charge in [-0.05, 0) is 41.4 Å². The van der Waals surface area contributed by atoms with Crippen molar-refractivity contribution in [3.8, 4) is 0 Å². The first kappa shape index (κ1) is 12.7. The van der Waals surface area contributed by atoms with Crippen LogP contribution in [0.25, 0.3) is 0 Å². The number of carboxylic acids is 1. The molecule has 0 bridgehead atoms. The number of carboxylic acid groups (broad SMARTS) is 1. The predicted molar refractivity (Wildman–Crippen MR) is 65.2 cm³/mol. The Morgan fingerprint density at radius 3 is 2.93 bits per heavy atom. The molecule has 0 saturated heterocycles. The number of unbranched alkanes of at least 4 members (excludes halogenated alkanes) is 1. The molecule has 1 heterocycles. The quantitative estimate of drug-likeness (QED) is 0.760. The van der Waals surface area contributed by atoms with Crippen LogP contribution >= 0.6 is 27.3 Å². The Morgan fingerprint density at radius 2 is 2.33 bits per heavy atom. The number of thiophene rings is 1. The van der Waals surface area contributed by atoms with Crippen LogP contribution in [0.4, 0.5) is 0 Å². The maximum absolute atomic E-state index is 10.2. The molecule has 0 aliphatic heterocycles. The highest BCUT2D eigenvalue weighted by molar-refractivity contribution is 9.10. The first-order valence-corrected chi connectivity index (χ1v) is 6.51. The minimum atomic E-state index is -0.711. The van der Waals surface area contributed by atoms with E-state index in [4.69, 9.17) is 5.11 Å². The van der Waals surface area contributed by atoms with E-state index in [2.05, 4.69) is 32.7 Å². The van der Waals surface area contributed by atoms with Gasteiger partial charge in [-0.1, -0.05) is 0 Å². The van der Waals surface area contributed by atoms with Gasteiger partial charge in [-0.15, -0.1) is 11.3 Å². The topological polar surface area (TPSA) is 49.3 Å². The number of hydrogen-bond donors (Lipinski definition) is 2. The Bertz CT molecular complexity index is 314. The highest BCUT2D eigenvalue weighted by Gasteiger charge is 1.98. The second kappa shape index (κ2) is 6.98.